The topological polar surface area (TPSA) is 446 Å². The van der Waals surface area contributed by atoms with E-state index in [1.807, 2.05) is 39.5 Å². The smallest absolute Gasteiger partial charge is 0.407 e. The highest BCUT2D eigenvalue weighted by Crippen LogP contribution is 2.55. The van der Waals surface area contributed by atoms with Crippen LogP contribution in [0.2, 0.25) is 0 Å². The fourth-order valence-electron chi connectivity index (χ4n) is 10.9. The molecule has 638 valence electrons. The number of carbonyl (C=O) groups is 11. The number of unbranched alkanes of at least 4 members (excludes halogenated alkanes) is 2. The van der Waals surface area contributed by atoms with Crippen molar-refractivity contribution in [2.45, 2.75) is 266 Å². The van der Waals surface area contributed by atoms with Gasteiger partial charge in [0, 0.05) is 109 Å². The summed E-state index contributed by atoms with van der Waals surface area (Å²) in [4.78, 5) is 158. The molecule has 31 nitrogen and oxygen atoms in total. The first-order valence-corrected chi connectivity index (χ1v) is 42.4. The predicted molar refractivity (Wildman–Crippen MR) is 421 cm³/mol. The van der Waals surface area contributed by atoms with E-state index in [1.54, 1.807) is 65.8 Å². The van der Waals surface area contributed by atoms with Crippen LogP contribution < -0.4 is 32.3 Å². The van der Waals surface area contributed by atoms with Crippen molar-refractivity contribution in [1.29, 1.82) is 0 Å². The standard InChI is InChI=1S/C42H69N4O13P.C32H58N3O11P.C4H10/c1-29(2)39(46-38(51)11-7-6-10-35(48)33-16-17-34(47)26-33)37(50)27-32(9-8-18-44-40(43)52)36(49)25-30-12-14-31(15-13-30)28-58-41(53)45-19-20-56-21-22-57-23-24-59-60(54,55)42(3,4)5;1-31(2,3)46-27-15-17-35(24-27)30(40)10-8-7-9-25(36)11-13-29(39)34-23-26(37)12-14-28(38)33-16-18-43-19-20-44-21-22-45-47(41,42)32(4,5)6;1-4(2)3/h12-15,29,32-34,39,47H,6-11,16-28H2,1-5H3,(H,45,53)(H,46,51)(H,54,55)(H3,43,44,52);27H,7-24H2,1-6H3,(H,33,38)(H,34,39)(H,41,42);4H,1-3H3/t32-,33?,34+,39+;27-;/m10./s1. The number of ether oxygens (including phenoxy) is 6. The minimum Gasteiger partial charge on any atom is -0.445 e. The van der Waals surface area contributed by atoms with E-state index < -0.39 is 61.6 Å². The van der Waals surface area contributed by atoms with Crippen LogP contribution in [-0.2, 0) is 103 Å². The van der Waals surface area contributed by atoms with Crippen LogP contribution >= 0.6 is 15.2 Å². The van der Waals surface area contributed by atoms with E-state index in [9.17, 15) is 76.8 Å². The number of benzene rings is 1. The van der Waals surface area contributed by atoms with Gasteiger partial charge in [0.1, 0.15) is 24.0 Å². The number of carbonyl (C=O) groups excluding carboxylic acids is 11. The molecular formula is C78H137N7O24P2. The molecular weight excluding hydrogens is 1480 g/mol. The minimum atomic E-state index is -3.73. The van der Waals surface area contributed by atoms with E-state index in [2.05, 4.69) is 47.4 Å². The maximum absolute atomic E-state index is 13.6. The van der Waals surface area contributed by atoms with Gasteiger partial charge in [0.05, 0.1) is 107 Å². The van der Waals surface area contributed by atoms with Crippen LogP contribution in [0.15, 0.2) is 24.3 Å². The Kier molecular flexibility index (Phi) is 51.6. The molecule has 7 amide bonds. The fraction of sp³-hybridized carbons (Fsp3) is 0.782. The normalized spacial score (nSPS) is 16.7. The molecule has 10 N–H and O–H groups in total. The van der Waals surface area contributed by atoms with Gasteiger partial charge in [0.25, 0.3) is 0 Å². The Bertz CT molecular complexity index is 3060. The lowest BCUT2D eigenvalue weighted by Crippen LogP contribution is -2.45. The second kappa shape index (κ2) is 55.5. The highest BCUT2D eigenvalue weighted by molar-refractivity contribution is 7.54. The number of rotatable bonds is 54. The molecule has 1 aromatic carbocycles. The number of alkyl carbamates (subject to hydrolysis) is 1. The van der Waals surface area contributed by atoms with Gasteiger partial charge in [0.2, 0.25) is 23.6 Å². The van der Waals surface area contributed by atoms with Crippen molar-refractivity contribution in [3.05, 3.63) is 35.4 Å². The van der Waals surface area contributed by atoms with Gasteiger partial charge in [-0.25, -0.2) is 9.59 Å². The number of nitrogens with one attached hydrogen (secondary N) is 5. The Balaban J connectivity index is 0.00000109. The third kappa shape index (κ3) is 50.8. The van der Waals surface area contributed by atoms with E-state index in [1.165, 1.54) is 0 Å². The van der Waals surface area contributed by atoms with E-state index in [0.29, 0.717) is 101 Å². The van der Waals surface area contributed by atoms with Gasteiger partial charge in [-0.15, -0.1) is 0 Å². The number of aliphatic hydroxyl groups is 1. The average molecular weight is 1620 g/mol. The van der Waals surface area contributed by atoms with Crippen LogP contribution in [0.1, 0.15) is 230 Å². The summed E-state index contributed by atoms with van der Waals surface area (Å²) in [6.07, 6.45) is 5.77. The number of ketones is 5. The number of urea groups is 1. The molecule has 0 aromatic heterocycles. The third-order valence-electron chi connectivity index (χ3n) is 17.3. The first-order valence-electron chi connectivity index (χ1n) is 39.3. The second-order valence-corrected chi connectivity index (χ2v) is 37.3. The van der Waals surface area contributed by atoms with Crippen molar-refractivity contribution < 1.29 is 114 Å². The number of amides is 7. The molecule has 1 heterocycles. The van der Waals surface area contributed by atoms with Gasteiger partial charge in [-0.3, -0.25) is 52.3 Å². The quantitative estimate of drug-likeness (QED) is 0.0217. The van der Waals surface area contributed by atoms with Crippen LogP contribution in [-0.4, -0.2) is 224 Å². The van der Waals surface area contributed by atoms with Crippen LogP contribution in [0.5, 0.6) is 0 Å². The Labute approximate surface area is 659 Å². The van der Waals surface area contributed by atoms with E-state index in [4.69, 9.17) is 43.2 Å². The summed E-state index contributed by atoms with van der Waals surface area (Å²) in [5.41, 5.74) is 6.34. The molecule has 3 unspecified atom stereocenters. The maximum Gasteiger partial charge on any atom is 0.407 e. The lowest BCUT2D eigenvalue weighted by Gasteiger charge is -2.25. The SMILES string of the molecule is CC(C)(C)O[C@H]1CCN(C(=O)CCCCC(=O)CCC(=O)NCC(=O)CCC(=O)NCCOCCOCCOP(=O)(O)C(C)(C)C)C1.CC(C)C.CC(C)[C@H](NC(=O)CCCCC(=O)C1CC[C@H](O)C1)C(=O)C[C@@H](CCCNC(N)=O)C(=O)Cc1ccc(COC(=O)NCCOCCOCCOP(=O)(O)C(C)(C)C)cc1. The van der Waals surface area contributed by atoms with E-state index in [0.717, 1.165) is 12.3 Å². The summed E-state index contributed by atoms with van der Waals surface area (Å²) in [7, 11) is -7.44. The molecule has 1 aliphatic carbocycles. The number of nitrogens with two attached hydrogens (primary N) is 1. The summed E-state index contributed by atoms with van der Waals surface area (Å²) in [5, 5.41) is 21.0. The van der Waals surface area contributed by atoms with Crippen LogP contribution in [0, 0.1) is 23.7 Å². The Hall–Kier alpha value is -5.95. The minimum absolute atomic E-state index is 0.0104. The summed E-state index contributed by atoms with van der Waals surface area (Å²) in [6, 6.07) is 5.49. The zero-order chi connectivity index (χ0) is 83.8. The maximum atomic E-state index is 13.6. The molecule has 111 heavy (non-hydrogen) atoms. The number of hydrogen-bond donors (Lipinski definition) is 9. The number of Topliss-reactive ketones (excluding diaryl/α,β-unsaturated/α-hetero) is 5. The van der Waals surface area contributed by atoms with Gasteiger partial charge in [-0.2, -0.15) is 0 Å². The zero-order valence-electron chi connectivity index (χ0n) is 68.8. The van der Waals surface area contributed by atoms with E-state index in [-0.39, 0.29) is 214 Å². The number of nitrogens with zero attached hydrogens (tertiary/aromatic N) is 1. The molecule has 7 atom stereocenters. The Morgan fingerprint density at radius 3 is 1.59 bits per heavy atom. The fourth-order valence-corrected chi connectivity index (χ4v) is 12.3. The molecule has 2 fully saturated rings. The van der Waals surface area contributed by atoms with Crippen LogP contribution in [0.3, 0.4) is 0 Å². The number of aliphatic hydroxyl groups excluding tert-OH is 1. The van der Waals surface area contributed by atoms with Crippen LogP contribution in [0.4, 0.5) is 9.59 Å². The monoisotopic (exact) mass is 1620 g/mol. The predicted octanol–water partition coefficient (Wildman–Crippen LogP) is 9.10. The largest absolute Gasteiger partial charge is 0.445 e. The van der Waals surface area contributed by atoms with Crippen molar-refractivity contribution >= 4 is 79.9 Å². The van der Waals surface area contributed by atoms with Crippen molar-refractivity contribution in [2.24, 2.45) is 29.4 Å². The molecule has 1 aliphatic heterocycles. The summed E-state index contributed by atoms with van der Waals surface area (Å²) in [5.74, 6) is -1.80. The van der Waals surface area contributed by atoms with E-state index >= 15 is 0 Å². The summed E-state index contributed by atoms with van der Waals surface area (Å²) in [6.45, 7) is 29.4. The summed E-state index contributed by atoms with van der Waals surface area (Å²) >= 11 is 0. The number of likely N-dealkylation sites (tertiary alicyclic amines) is 1. The molecule has 0 radical (unpaired) electrons. The van der Waals surface area contributed by atoms with Gasteiger partial charge in [0.15, 0.2) is 11.6 Å². The lowest BCUT2D eigenvalue weighted by molar-refractivity contribution is -0.132. The number of hydrogen-bond acceptors (Lipinski definition) is 22. The lowest BCUT2D eigenvalue weighted by atomic mass is 9.85. The van der Waals surface area contributed by atoms with Crippen molar-refractivity contribution in [3.8, 4) is 0 Å². The van der Waals surface area contributed by atoms with Crippen LogP contribution in [0.25, 0.3) is 0 Å². The molecule has 1 saturated carbocycles. The average Bonchev–Trinajstić information content (AvgIpc) is 1.57. The first kappa shape index (κ1) is 103. The molecule has 1 saturated heterocycles. The van der Waals surface area contributed by atoms with Crippen molar-refractivity contribution in [2.75, 3.05) is 105 Å². The third-order valence-corrected chi connectivity index (χ3v) is 21.8. The Morgan fingerprint density at radius 2 is 1.06 bits per heavy atom. The van der Waals surface area contributed by atoms with Gasteiger partial charge in [-0.1, -0.05) is 58.9 Å². The van der Waals surface area contributed by atoms with Gasteiger partial charge in [-0.05, 0) is 149 Å². The van der Waals surface area contributed by atoms with Gasteiger partial charge < -0.3 is 89.6 Å². The molecule has 0 bridgehead atoms. The molecule has 3 rings (SSSR count). The first-order chi connectivity index (χ1) is 51.9. The highest BCUT2D eigenvalue weighted by Gasteiger charge is 2.38. The molecule has 33 heteroatoms. The zero-order valence-corrected chi connectivity index (χ0v) is 70.6. The van der Waals surface area contributed by atoms with Crippen molar-refractivity contribution in [3.63, 3.8) is 0 Å². The number of primary amides is 1. The Morgan fingerprint density at radius 1 is 0.559 bits per heavy atom. The summed E-state index contributed by atoms with van der Waals surface area (Å²) < 4.78 is 66.7. The molecule has 1 aromatic rings. The second-order valence-electron chi connectivity index (χ2n) is 32.0. The molecule has 0 spiro atoms. The molecule has 2 aliphatic rings. The van der Waals surface area contributed by atoms with Crippen molar-refractivity contribution in [1.82, 2.24) is 31.5 Å². The highest BCUT2D eigenvalue weighted by atomic mass is 31.2. The van der Waals surface area contributed by atoms with Gasteiger partial charge >= 0.3 is 27.3 Å².